The molecule has 0 bridgehead atoms. The molecular weight excluding hydrogens is 214 g/mol. The van der Waals surface area contributed by atoms with E-state index >= 15 is 0 Å². The lowest BCUT2D eigenvalue weighted by atomic mass is 9.97. The SMILES string of the molecule is CC1(C)Oc2ccc(Cl)cc2C(O)=C1N. The normalized spacial score (nSPS) is 18.3. The molecule has 3 nitrogen and oxygen atoms in total. The van der Waals surface area contributed by atoms with E-state index in [2.05, 4.69) is 0 Å². The van der Waals surface area contributed by atoms with E-state index in [9.17, 15) is 5.11 Å². The lowest BCUT2D eigenvalue weighted by molar-refractivity contribution is 0.138. The van der Waals surface area contributed by atoms with Crippen LogP contribution >= 0.6 is 11.6 Å². The van der Waals surface area contributed by atoms with Gasteiger partial charge in [-0.1, -0.05) is 11.6 Å². The Labute approximate surface area is 93.1 Å². The molecule has 2 rings (SSSR count). The van der Waals surface area contributed by atoms with Crippen LogP contribution in [-0.4, -0.2) is 10.7 Å². The molecular formula is C11H12ClNO2. The van der Waals surface area contributed by atoms with Crippen LogP contribution in [0.1, 0.15) is 19.4 Å². The monoisotopic (exact) mass is 225 g/mol. The molecule has 1 heterocycles. The smallest absolute Gasteiger partial charge is 0.149 e. The zero-order valence-electron chi connectivity index (χ0n) is 8.54. The molecule has 3 N–H and O–H groups in total. The third-order valence-corrected chi connectivity index (χ3v) is 2.70. The van der Waals surface area contributed by atoms with Crippen LogP contribution in [-0.2, 0) is 0 Å². The molecule has 0 radical (unpaired) electrons. The second kappa shape index (κ2) is 3.07. The van der Waals surface area contributed by atoms with E-state index in [-0.39, 0.29) is 5.76 Å². The molecule has 0 amide bonds. The van der Waals surface area contributed by atoms with Gasteiger partial charge < -0.3 is 15.6 Å². The minimum atomic E-state index is -0.690. The second-order valence-corrected chi connectivity index (χ2v) is 4.45. The molecule has 0 atom stereocenters. The Bertz CT molecular complexity index is 452. The Kier molecular flexibility index (Phi) is 2.08. The summed E-state index contributed by atoms with van der Waals surface area (Å²) >= 11 is 5.83. The van der Waals surface area contributed by atoms with Crippen LogP contribution in [0, 0.1) is 0 Å². The average Bonchev–Trinajstić information content (AvgIpc) is 2.16. The van der Waals surface area contributed by atoms with Gasteiger partial charge in [-0.3, -0.25) is 0 Å². The number of aliphatic hydroxyl groups is 1. The van der Waals surface area contributed by atoms with Crippen molar-refractivity contribution >= 4 is 17.4 Å². The number of fused-ring (bicyclic) bond motifs is 1. The fourth-order valence-electron chi connectivity index (χ4n) is 1.54. The highest BCUT2D eigenvalue weighted by molar-refractivity contribution is 6.30. The van der Waals surface area contributed by atoms with Crippen molar-refractivity contribution in [3.8, 4) is 5.75 Å². The van der Waals surface area contributed by atoms with E-state index < -0.39 is 5.60 Å². The Morgan fingerprint density at radius 2 is 2.07 bits per heavy atom. The van der Waals surface area contributed by atoms with Gasteiger partial charge in [0.05, 0.1) is 11.3 Å². The fraction of sp³-hybridized carbons (Fsp3) is 0.273. The summed E-state index contributed by atoms with van der Waals surface area (Å²) < 4.78 is 5.66. The first-order valence-corrected chi connectivity index (χ1v) is 4.98. The summed E-state index contributed by atoms with van der Waals surface area (Å²) in [6.45, 7) is 3.60. The zero-order chi connectivity index (χ0) is 11.2. The van der Waals surface area contributed by atoms with E-state index in [0.717, 1.165) is 0 Å². The maximum atomic E-state index is 9.91. The summed E-state index contributed by atoms with van der Waals surface area (Å²) in [7, 11) is 0. The lowest BCUT2D eigenvalue weighted by Gasteiger charge is -2.32. The first kappa shape index (κ1) is 10.2. The van der Waals surface area contributed by atoms with Gasteiger partial charge >= 0.3 is 0 Å². The van der Waals surface area contributed by atoms with E-state index in [1.807, 2.05) is 0 Å². The molecule has 0 fully saturated rings. The predicted molar refractivity (Wildman–Crippen MR) is 59.9 cm³/mol. The topological polar surface area (TPSA) is 55.5 Å². The van der Waals surface area contributed by atoms with Crippen LogP contribution < -0.4 is 10.5 Å². The summed E-state index contributed by atoms with van der Waals surface area (Å²) in [6.07, 6.45) is 0. The number of hydrogen-bond donors (Lipinski definition) is 2. The highest BCUT2D eigenvalue weighted by Gasteiger charge is 2.33. The fourth-order valence-corrected chi connectivity index (χ4v) is 1.71. The number of benzene rings is 1. The van der Waals surface area contributed by atoms with E-state index in [4.69, 9.17) is 22.1 Å². The van der Waals surface area contributed by atoms with Crippen molar-refractivity contribution in [1.82, 2.24) is 0 Å². The highest BCUT2D eigenvalue weighted by atomic mass is 35.5. The molecule has 1 aliphatic heterocycles. The van der Waals surface area contributed by atoms with Crippen molar-refractivity contribution in [1.29, 1.82) is 0 Å². The molecule has 15 heavy (non-hydrogen) atoms. The van der Waals surface area contributed by atoms with Gasteiger partial charge in [0.25, 0.3) is 0 Å². The van der Waals surface area contributed by atoms with Crippen LogP contribution in [0.2, 0.25) is 5.02 Å². The summed E-state index contributed by atoms with van der Waals surface area (Å²) in [5, 5.41) is 10.4. The minimum absolute atomic E-state index is 0.0451. The Morgan fingerprint density at radius 1 is 1.40 bits per heavy atom. The molecule has 1 aromatic rings. The maximum absolute atomic E-state index is 9.91. The Hall–Kier alpha value is -1.35. The van der Waals surface area contributed by atoms with Crippen molar-refractivity contribution in [3.63, 3.8) is 0 Å². The van der Waals surface area contributed by atoms with Crippen LogP contribution in [0.25, 0.3) is 5.76 Å². The standard InChI is InChI=1S/C11H12ClNO2/c1-11(2)10(13)9(14)7-5-6(12)3-4-8(7)15-11/h3-5,14H,13H2,1-2H3. The third-order valence-electron chi connectivity index (χ3n) is 2.47. The van der Waals surface area contributed by atoms with Gasteiger partial charge in [-0.05, 0) is 32.0 Å². The lowest BCUT2D eigenvalue weighted by Crippen LogP contribution is -2.38. The highest BCUT2D eigenvalue weighted by Crippen LogP contribution is 2.38. The number of ether oxygens (including phenoxy) is 1. The molecule has 0 unspecified atom stereocenters. The number of hydrogen-bond acceptors (Lipinski definition) is 3. The molecule has 1 aromatic carbocycles. The minimum Gasteiger partial charge on any atom is -0.505 e. The zero-order valence-corrected chi connectivity index (χ0v) is 9.30. The third kappa shape index (κ3) is 1.53. The molecule has 0 spiro atoms. The average molecular weight is 226 g/mol. The molecule has 0 saturated heterocycles. The first-order chi connectivity index (χ1) is 6.92. The molecule has 4 heteroatoms. The Balaban J connectivity index is 2.65. The number of aliphatic hydroxyl groups excluding tert-OH is 1. The summed E-state index contributed by atoms with van der Waals surface area (Å²) in [6, 6.07) is 5.07. The van der Waals surface area contributed by atoms with Gasteiger partial charge in [-0.15, -0.1) is 0 Å². The second-order valence-electron chi connectivity index (χ2n) is 4.02. The largest absolute Gasteiger partial charge is 0.505 e. The van der Waals surface area contributed by atoms with Crippen LogP contribution in [0.15, 0.2) is 23.9 Å². The van der Waals surface area contributed by atoms with Crippen LogP contribution in [0.3, 0.4) is 0 Å². The number of rotatable bonds is 0. The molecule has 0 aliphatic carbocycles. The van der Waals surface area contributed by atoms with Crippen LogP contribution in [0.4, 0.5) is 0 Å². The molecule has 1 aliphatic rings. The van der Waals surface area contributed by atoms with Crippen LogP contribution in [0.5, 0.6) is 5.75 Å². The van der Waals surface area contributed by atoms with Crippen molar-refractivity contribution in [2.45, 2.75) is 19.4 Å². The van der Waals surface area contributed by atoms with Gasteiger partial charge in [0, 0.05) is 5.02 Å². The Morgan fingerprint density at radius 3 is 2.73 bits per heavy atom. The molecule has 80 valence electrons. The molecule has 0 saturated carbocycles. The summed E-state index contributed by atoms with van der Waals surface area (Å²) in [4.78, 5) is 0. The van der Waals surface area contributed by atoms with E-state index in [1.165, 1.54) is 0 Å². The van der Waals surface area contributed by atoms with E-state index in [1.54, 1.807) is 32.0 Å². The van der Waals surface area contributed by atoms with E-state index in [0.29, 0.717) is 22.0 Å². The maximum Gasteiger partial charge on any atom is 0.149 e. The van der Waals surface area contributed by atoms with Crippen molar-refractivity contribution in [2.75, 3.05) is 0 Å². The van der Waals surface area contributed by atoms with Gasteiger partial charge in [0.15, 0.2) is 0 Å². The summed E-state index contributed by atoms with van der Waals surface area (Å²) in [5.74, 6) is 0.639. The predicted octanol–water partition coefficient (Wildman–Crippen LogP) is 2.70. The number of nitrogens with two attached hydrogens (primary N) is 1. The van der Waals surface area contributed by atoms with Crippen molar-refractivity contribution in [3.05, 3.63) is 34.5 Å². The van der Waals surface area contributed by atoms with Gasteiger partial charge in [0.1, 0.15) is 17.1 Å². The number of halogens is 1. The molecule has 0 aromatic heterocycles. The van der Waals surface area contributed by atoms with Gasteiger partial charge in [-0.2, -0.15) is 0 Å². The summed E-state index contributed by atoms with van der Waals surface area (Å²) in [5.41, 5.74) is 5.95. The van der Waals surface area contributed by atoms with Gasteiger partial charge in [-0.25, -0.2) is 0 Å². The van der Waals surface area contributed by atoms with Gasteiger partial charge in [0.2, 0.25) is 0 Å². The quantitative estimate of drug-likeness (QED) is 0.714. The first-order valence-electron chi connectivity index (χ1n) is 4.60. The van der Waals surface area contributed by atoms with Crippen molar-refractivity contribution < 1.29 is 9.84 Å². The van der Waals surface area contributed by atoms with Crippen molar-refractivity contribution in [2.24, 2.45) is 5.73 Å².